The summed E-state index contributed by atoms with van der Waals surface area (Å²) in [6.45, 7) is 5.91. The molecule has 124 valence electrons. The first-order valence-electron chi connectivity index (χ1n) is 7.81. The Morgan fingerprint density at radius 2 is 1.79 bits per heavy atom. The molecule has 0 saturated heterocycles. The highest BCUT2D eigenvalue weighted by Crippen LogP contribution is 2.25. The summed E-state index contributed by atoms with van der Waals surface area (Å²) in [5.41, 5.74) is 6.73. The average Bonchev–Trinajstić information content (AvgIpc) is 2.59. The summed E-state index contributed by atoms with van der Waals surface area (Å²) in [4.78, 5) is 11.8. The monoisotopic (exact) mass is 322 g/mol. The molecule has 0 saturated carbocycles. The van der Waals surface area contributed by atoms with Gasteiger partial charge in [0.15, 0.2) is 6.61 Å². The Hall–Kier alpha value is -2.88. The lowest BCUT2D eigenvalue weighted by Crippen LogP contribution is -2.24. The maximum Gasteiger partial charge on any atom is 0.277 e. The molecule has 4 heteroatoms. The van der Waals surface area contributed by atoms with E-state index in [1.54, 1.807) is 6.08 Å². The number of hydrogen-bond acceptors (Lipinski definition) is 3. The number of amides is 1. The van der Waals surface area contributed by atoms with Gasteiger partial charge in [-0.15, -0.1) is 0 Å². The standard InChI is InChI=1S/C20H22N2O2/c1-15-11-12-16(2)20(17(15)3)24-14-19(23)22-21-13-7-10-18-8-5-4-6-9-18/h4-13H,14H2,1-3H3,(H,22,23). The maximum absolute atomic E-state index is 11.8. The second-order valence-corrected chi connectivity index (χ2v) is 5.53. The summed E-state index contributed by atoms with van der Waals surface area (Å²) >= 11 is 0. The van der Waals surface area contributed by atoms with Crippen molar-refractivity contribution in [1.82, 2.24) is 5.43 Å². The van der Waals surface area contributed by atoms with Crippen LogP contribution in [0.25, 0.3) is 6.08 Å². The van der Waals surface area contributed by atoms with Gasteiger partial charge in [-0.05, 0) is 49.1 Å². The van der Waals surface area contributed by atoms with Gasteiger partial charge in [0.25, 0.3) is 5.91 Å². The quantitative estimate of drug-likeness (QED) is 0.649. The molecule has 0 bridgehead atoms. The van der Waals surface area contributed by atoms with Crippen molar-refractivity contribution < 1.29 is 9.53 Å². The molecule has 0 aliphatic heterocycles. The fourth-order valence-corrected chi connectivity index (χ4v) is 2.19. The van der Waals surface area contributed by atoms with Crippen LogP contribution >= 0.6 is 0 Å². The van der Waals surface area contributed by atoms with Crippen LogP contribution in [0.15, 0.2) is 53.6 Å². The summed E-state index contributed by atoms with van der Waals surface area (Å²) in [6.07, 6.45) is 5.21. The zero-order valence-electron chi connectivity index (χ0n) is 14.2. The Balaban J connectivity index is 1.81. The van der Waals surface area contributed by atoms with Crippen molar-refractivity contribution in [1.29, 1.82) is 0 Å². The lowest BCUT2D eigenvalue weighted by atomic mass is 10.1. The molecule has 2 rings (SSSR count). The summed E-state index contributed by atoms with van der Waals surface area (Å²) < 4.78 is 5.63. The first-order chi connectivity index (χ1) is 11.6. The van der Waals surface area contributed by atoms with E-state index < -0.39 is 0 Å². The van der Waals surface area contributed by atoms with E-state index in [1.807, 2.05) is 69.3 Å². The number of nitrogens with one attached hydrogen (secondary N) is 1. The molecule has 0 fully saturated rings. The van der Waals surface area contributed by atoms with Gasteiger partial charge in [-0.1, -0.05) is 48.5 Å². The van der Waals surface area contributed by atoms with Crippen LogP contribution in [0.4, 0.5) is 0 Å². The van der Waals surface area contributed by atoms with Crippen molar-refractivity contribution in [3.05, 3.63) is 70.8 Å². The van der Waals surface area contributed by atoms with Gasteiger partial charge in [0.2, 0.25) is 0 Å². The summed E-state index contributed by atoms with van der Waals surface area (Å²) in [7, 11) is 0. The number of nitrogens with zero attached hydrogens (tertiary/aromatic N) is 1. The Bertz CT molecular complexity index is 750. The molecular formula is C20H22N2O2. The molecule has 24 heavy (non-hydrogen) atoms. The van der Waals surface area contributed by atoms with Gasteiger partial charge < -0.3 is 4.74 Å². The van der Waals surface area contributed by atoms with Crippen LogP contribution < -0.4 is 10.2 Å². The molecular weight excluding hydrogens is 300 g/mol. The van der Waals surface area contributed by atoms with Crippen molar-refractivity contribution in [2.24, 2.45) is 5.10 Å². The van der Waals surface area contributed by atoms with Gasteiger partial charge in [0.1, 0.15) is 5.75 Å². The van der Waals surface area contributed by atoms with Crippen LogP contribution in [0.1, 0.15) is 22.3 Å². The van der Waals surface area contributed by atoms with E-state index in [1.165, 1.54) is 6.21 Å². The molecule has 0 aliphatic rings. The van der Waals surface area contributed by atoms with E-state index in [2.05, 4.69) is 10.5 Å². The summed E-state index contributed by atoms with van der Waals surface area (Å²) in [6, 6.07) is 13.9. The van der Waals surface area contributed by atoms with E-state index >= 15 is 0 Å². The normalized spacial score (nSPS) is 11.1. The van der Waals surface area contributed by atoms with Gasteiger partial charge in [0.05, 0.1) is 0 Å². The van der Waals surface area contributed by atoms with Crippen LogP contribution in [0.2, 0.25) is 0 Å². The molecule has 1 N–H and O–H groups in total. The van der Waals surface area contributed by atoms with Gasteiger partial charge in [0, 0.05) is 6.21 Å². The third-order valence-corrected chi connectivity index (χ3v) is 3.66. The molecule has 2 aromatic carbocycles. The third-order valence-electron chi connectivity index (χ3n) is 3.66. The first kappa shape index (κ1) is 17.5. The highest BCUT2D eigenvalue weighted by Gasteiger charge is 2.08. The lowest BCUT2D eigenvalue weighted by molar-refractivity contribution is -0.123. The fourth-order valence-electron chi connectivity index (χ4n) is 2.19. The van der Waals surface area contributed by atoms with E-state index in [4.69, 9.17) is 4.74 Å². The van der Waals surface area contributed by atoms with Crippen molar-refractivity contribution in [2.45, 2.75) is 20.8 Å². The number of ether oxygens (including phenoxy) is 1. The number of benzene rings is 2. The number of hydrogen-bond donors (Lipinski definition) is 1. The highest BCUT2D eigenvalue weighted by molar-refractivity contribution is 5.82. The minimum absolute atomic E-state index is 0.0646. The van der Waals surface area contributed by atoms with E-state index in [0.29, 0.717) is 0 Å². The largest absolute Gasteiger partial charge is 0.483 e. The number of hydrazone groups is 1. The zero-order valence-corrected chi connectivity index (χ0v) is 14.2. The molecule has 0 unspecified atom stereocenters. The minimum atomic E-state index is -0.292. The first-order valence-corrected chi connectivity index (χ1v) is 7.81. The molecule has 0 atom stereocenters. The topological polar surface area (TPSA) is 50.7 Å². The van der Waals surface area contributed by atoms with Gasteiger partial charge in [-0.25, -0.2) is 5.43 Å². The Morgan fingerprint density at radius 1 is 1.08 bits per heavy atom. The second-order valence-electron chi connectivity index (χ2n) is 5.53. The van der Waals surface area contributed by atoms with Gasteiger partial charge >= 0.3 is 0 Å². The van der Waals surface area contributed by atoms with Crippen LogP contribution in [0, 0.1) is 20.8 Å². The Labute approximate surface area is 142 Å². The number of aryl methyl sites for hydroxylation is 2. The summed E-state index contributed by atoms with van der Waals surface area (Å²) in [5.74, 6) is 0.470. The zero-order chi connectivity index (χ0) is 17.4. The van der Waals surface area contributed by atoms with Crippen LogP contribution in [0.5, 0.6) is 5.75 Å². The average molecular weight is 322 g/mol. The van der Waals surface area contributed by atoms with Crippen LogP contribution in [0.3, 0.4) is 0 Å². The lowest BCUT2D eigenvalue weighted by Gasteiger charge is -2.13. The van der Waals surface area contributed by atoms with Gasteiger partial charge in [-0.3, -0.25) is 4.79 Å². The molecule has 0 radical (unpaired) electrons. The number of allylic oxidation sites excluding steroid dienone is 1. The molecule has 2 aromatic rings. The molecule has 0 aliphatic carbocycles. The fraction of sp³-hybridized carbons (Fsp3) is 0.200. The van der Waals surface area contributed by atoms with Crippen LogP contribution in [-0.2, 0) is 4.79 Å². The smallest absolute Gasteiger partial charge is 0.277 e. The maximum atomic E-state index is 11.8. The van der Waals surface area contributed by atoms with E-state index in [-0.39, 0.29) is 12.5 Å². The third kappa shape index (κ3) is 5.09. The van der Waals surface area contributed by atoms with Crippen LogP contribution in [-0.4, -0.2) is 18.7 Å². The molecule has 0 spiro atoms. The SMILES string of the molecule is Cc1ccc(C)c(OCC(=O)NN=CC=Cc2ccccc2)c1C. The van der Waals surface area contributed by atoms with Gasteiger partial charge in [-0.2, -0.15) is 5.10 Å². The predicted octanol–water partition coefficient (Wildman–Crippen LogP) is 3.81. The molecule has 0 heterocycles. The number of carbonyl (C=O) groups excluding carboxylic acids is 1. The second kappa shape index (κ2) is 8.67. The van der Waals surface area contributed by atoms with Crippen molar-refractivity contribution in [2.75, 3.05) is 6.61 Å². The Kier molecular flexibility index (Phi) is 6.32. The van der Waals surface area contributed by atoms with Crippen molar-refractivity contribution >= 4 is 18.2 Å². The molecule has 1 amide bonds. The van der Waals surface area contributed by atoms with E-state index in [0.717, 1.165) is 28.0 Å². The molecule has 4 nitrogen and oxygen atoms in total. The summed E-state index contributed by atoms with van der Waals surface area (Å²) in [5, 5.41) is 3.87. The van der Waals surface area contributed by atoms with Crippen molar-refractivity contribution in [3.63, 3.8) is 0 Å². The molecule has 0 aromatic heterocycles. The number of rotatable bonds is 6. The number of carbonyl (C=O) groups is 1. The highest BCUT2D eigenvalue weighted by atomic mass is 16.5. The minimum Gasteiger partial charge on any atom is -0.483 e. The van der Waals surface area contributed by atoms with E-state index in [9.17, 15) is 4.79 Å². The van der Waals surface area contributed by atoms with Crippen molar-refractivity contribution in [3.8, 4) is 5.75 Å². The Morgan fingerprint density at radius 3 is 2.54 bits per heavy atom. The predicted molar refractivity (Wildman–Crippen MR) is 98.3 cm³/mol.